The number of aliphatic carboxylic acids is 1. The highest BCUT2D eigenvalue weighted by atomic mass is 35.5. The zero-order valence-electron chi connectivity index (χ0n) is 16.6. The Morgan fingerprint density at radius 2 is 1.93 bits per heavy atom. The van der Waals surface area contributed by atoms with E-state index >= 15 is 0 Å². The molecular formula is C22H26ClNO3S. The zero-order valence-corrected chi connectivity index (χ0v) is 18.2. The monoisotopic (exact) mass is 419 g/mol. The number of fused-ring (bicyclic) bond motifs is 2. The van der Waals surface area contributed by atoms with Crippen molar-refractivity contribution in [3.8, 4) is 0 Å². The molecule has 1 aliphatic carbocycles. The van der Waals surface area contributed by atoms with Gasteiger partial charge < -0.3 is 10.0 Å². The standard InChI is InChI=1S/C22H25NO3S.ClH/c1-22(2,21(25)26)19-13-17-16(10-7-11-23(3)4)15-9-6-5-8-14(15)12-18(24)20(17)27-19;/h5-6,8-10,13H,7,11-12H2,1-4H3,(H,25,26);1H/b16-10-;. The first-order chi connectivity index (χ1) is 12.7. The lowest BCUT2D eigenvalue weighted by atomic mass is 9.89. The number of hydrogen-bond donors (Lipinski definition) is 1. The van der Waals surface area contributed by atoms with Gasteiger partial charge in [-0.2, -0.15) is 0 Å². The highest BCUT2D eigenvalue weighted by Gasteiger charge is 2.35. The lowest BCUT2D eigenvalue weighted by Gasteiger charge is -2.17. The first-order valence-corrected chi connectivity index (χ1v) is 9.88. The van der Waals surface area contributed by atoms with E-state index < -0.39 is 11.4 Å². The maximum absolute atomic E-state index is 12.9. The van der Waals surface area contributed by atoms with Crippen LogP contribution in [0.15, 0.2) is 36.4 Å². The maximum Gasteiger partial charge on any atom is 0.314 e. The van der Waals surface area contributed by atoms with Crippen LogP contribution in [0.3, 0.4) is 0 Å². The average molecular weight is 420 g/mol. The van der Waals surface area contributed by atoms with Gasteiger partial charge in [0.25, 0.3) is 0 Å². The molecule has 1 aromatic carbocycles. The molecule has 3 rings (SSSR count). The van der Waals surface area contributed by atoms with Gasteiger partial charge in [0.15, 0.2) is 5.78 Å². The van der Waals surface area contributed by atoms with Crippen molar-refractivity contribution in [3.63, 3.8) is 0 Å². The molecule has 0 saturated carbocycles. The molecule has 4 nitrogen and oxygen atoms in total. The Balaban J connectivity index is 0.00000280. The van der Waals surface area contributed by atoms with E-state index in [1.165, 1.54) is 11.3 Å². The Hall–Kier alpha value is -1.95. The minimum atomic E-state index is -1.02. The number of rotatable bonds is 5. The topological polar surface area (TPSA) is 57.6 Å². The number of benzene rings is 1. The van der Waals surface area contributed by atoms with Crippen LogP contribution in [-0.2, 0) is 16.6 Å². The van der Waals surface area contributed by atoms with Crippen LogP contribution in [0.25, 0.3) is 5.57 Å². The molecule has 1 aliphatic rings. The summed E-state index contributed by atoms with van der Waals surface area (Å²) < 4.78 is 0. The van der Waals surface area contributed by atoms with Gasteiger partial charge in [-0.25, -0.2) is 0 Å². The lowest BCUT2D eigenvalue weighted by molar-refractivity contribution is -0.142. The average Bonchev–Trinajstić information content (AvgIpc) is 3.01. The maximum atomic E-state index is 12.9. The Morgan fingerprint density at radius 3 is 2.57 bits per heavy atom. The summed E-state index contributed by atoms with van der Waals surface area (Å²) in [6.07, 6.45) is 3.39. The van der Waals surface area contributed by atoms with Crippen molar-refractivity contribution in [2.75, 3.05) is 20.6 Å². The SMILES string of the molecule is CN(C)CC/C=C1/c2ccccc2CC(=O)c2sc(C(C)(C)C(=O)O)cc21.Cl. The number of thiophene rings is 1. The van der Waals surface area contributed by atoms with Crippen molar-refractivity contribution < 1.29 is 14.7 Å². The smallest absolute Gasteiger partial charge is 0.314 e. The van der Waals surface area contributed by atoms with Crippen molar-refractivity contribution in [2.24, 2.45) is 0 Å². The molecule has 0 aliphatic heterocycles. The normalized spacial score (nSPS) is 15.0. The molecule has 1 N–H and O–H groups in total. The summed E-state index contributed by atoms with van der Waals surface area (Å²) in [5, 5.41) is 9.61. The number of carboxylic acid groups (broad SMARTS) is 1. The Kier molecular flexibility index (Phi) is 6.86. The summed E-state index contributed by atoms with van der Waals surface area (Å²) in [7, 11) is 4.07. The van der Waals surface area contributed by atoms with Gasteiger partial charge >= 0.3 is 5.97 Å². The molecule has 0 amide bonds. The van der Waals surface area contributed by atoms with Gasteiger partial charge in [0.2, 0.25) is 0 Å². The number of halogens is 1. The molecule has 28 heavy (non-hydrogen) atoms. The van der Waals surface area contributed by atoms with E-state index in [0.717, 1.165) is 35.2 Å². The molecule has 0 fully saturated rings. The van der Waals surface area contributed by atoms with E-state index in [1.54, 1.807) is 13.8 Å². The second kappa shape index (κ2) is 8.60. The van der Waals surface area contributed by atoms with Gasteiger partial charge in [-0.15, -0.1) is 23.7 Å². The largest absolute Gasteiger partial charge is 0.481 e. The third kappa shape index (κ3) is 4.22. The van der Waals surface area contributed by atoms with E-state index in [4.69, 9.17) is 0 Å². The zero-order chi connectivity index (χ0) is 19.8. The third-order valence-corrected chi connectivity index (χ3v) is 6.51. The van der Waals surface area contributed by atoms with Crippen LogP contribution in [0.5, 0.6) is 0 Å². The molecule has 1 aromatic heterocycles. The quantitative estimate of drug-likeness (QED) is 0.766. The first-order valence-electron chi connectivity index (χ1n) is 9.06. The van der Waals surface area contributed by atoms with Crippen LogP contribution in [0, 0.1) is 0 Å². The van der Waals surface area contributed by atoms with E-state index in [9.17, 15) is 14.7 Å². The molecule has 0 unspecified atom stereocenters. The van der Waals surface area contributed by atoms with Crippen molar-refractivity contribution in [1.82, 2.24) is 4.90 Å². The van der Waals surface area contributed by atoms with Gasteiger partial charge in [0.1, 0.15) is 0 Å². The van der Waals surface area contributed by atoms with Gasteiger partial charge in [-0.1, -0.05) is 30.3 Å². The molecule has 1 heterocycles. The third-order valence-electron chi connectivity index (χ3n) is 5.01. The van der Waals surface area contributed by atoms with Crippen LogP contribution >= 0.6 is 23.7 Å². The molecule has 0 atom stereocenters. The second-order valence-corrected chi connectivity index (χ2v) is 8.80. The van der Waals surface area contributed by atoms with Gasteiger partial charge in [0, 0.05) is 23.4 Å². The molecular weight excluding hydrogens is 394 g/mol. The summed E-state index contributed by atoms with van der Waals surface area (Å²) in [5.41, 5.74) is 2.99. The summed E-state index contributed by atoms with van der Waals surface area (Å²) in [6, 6.07) is 9.92. The number of ketones is 1. The fraction of sp³-hybridized carbons (Fsp3) is 0.364. The minimum absolute atomic E-state index is 0. The Morgan fingerprint density at radius 1 is 1.25 bits per heavy atom. The van der Waals surface area contributed by atoms with E-state index in [0.29, 0.717) is 16.2 Å². The molecule has 6 heteroatoms. The van der Waals surface area contributed by atoms with Crippen molar-refractivity contribution in [2.45, 2.75) is 32.1 Å². The van der Waals surface area contributed by atoms with Gasteiger partial charge in [-0.05, 0) is 57.1 Å². The Labute approximate surface area is 176 Å². The van der Waals surface area contributed by atoms with E-state index in [2.05, 4.69) is 17.0 Å². The number of carbonyl (C=O) groups is 2. The molecule has 2 aromatic rings. The number of carbonyl (C=O) groups excluding carboxylic acids is 1. The number of carboxylic acids is 1. The highest BCUT2D eigenvalue weighted by Crippen LogP contribution is 2.41. The van der Waals surface area contributed by atoms with Crippen molar-refractivity contribution >= 4 is 41.1 Å². The summed E-state index contributed by atoms with van der Waals surface area (Å²) in [4.78, 5) is 28.2. The molecule has 0 saturated heterocycles. The number of nitrogens with zero attached hydrogens (tertiary/aromatic N) is 1. The number of hydrogen-bond acceptors (Lipinski definition) is 4. The van der Waals surface area contributed by atoms with Crippen LogP contribution in [0.4, 0.5) is 0 Å². The van der Waals surface area contributed by atoms with Crippen LogP contribution in [0.1, 0.15) is 51.5 Å². The first kappa shape index (κ1) is 22.3. The van der Waals surface area contributed by atoms with Crippen molar-refractivity contribution in [1.29, 1.82) is 0 Å². The van der Waals surface area contributed by atoms with E-state index in [1.807, 2.05) is 38.4 Å². The number of Topliss-reactive ketones (excluding diaryl/α,β-unsaturated/α-hetero) is 1. The molecule has 0 radical (unpaired) electrons. The minimum Gasteiger partial charge on any atom is -0.481 e. The second-order valence-electron chi connectivity index (χ2n) is 7.75. The lowest BCUT2D eigenvalue weighted by Crippen LogP contribution is -2.27. The van der Waals surface area contributed by atoms with Crippen LogP contribution in [0.2, 0.25) is 0 Å². The highest BCUT2D eigenvalue weighted by molar-refractivity contribution is 7.14. The van der Waals surface area contributed by atoms with E-state index in [-0.39, 0.29) is 18.2 Å². The van der Waals surface area contributed by atoms with Crippen molar-refractivity contribution in [3.05, 3.63) is 62.9 Å². The fourth-order valence-electron chi connectivity index (χ4n) is 3.23. The summed E-state index contributed by atoms with van der Waals surface area (Å²) in [5.74, 6) is -0.823. The summed E-state index contributed by atoms with van der Waals surface area (Å²) >= 11 is 1.32. The van der Waals surface area contributed by atoms with Crippen LogP contribution in [-0.4, -0.2) is 42.4 Å². The van der Waals surface area contributed by atoms with Gasteiger partial charge in [-0.3, -0.25) is 9.59 Å². The Bertz CT molecular complexity index is 928. The predicted molar refractivity (Wildman–Crippen MR) is 117 cm³/mol. The molecule has 0 spiro atoms. The van der Waals surface area contributed by atoms with Gasteiger partial charge in [0.05, 0.1) is 10.3 Å². The predicted octanol–water partition coefficient (Wildman–Crippen LogP) is 4.65. The van der Waals surface area contributed by atoms with Crippen LogP contribution < -0.4 is 0 Å². The molecule has 150 valence electrons. The fourth-order valence-corrected chi connectivity index (χ4v) is 4.44. The summed E-state index contributed by atoms with van der Waals surface area (Å²) in [6.45, 7) is 4.29. The molecule has 0 bridgehead atoms.